The van der Waals surface area contributed by atoms with Gasteiger partial charge in [-0.3, -0.25) is 4.72 Å². The van der Waals surface area contributed by atoms with Crippen LogP contribution in [-0.2, 0) is 14.8 Å². The van der Waals surface area contributed by atoms with Crippen molar-refractivity contribution in [1.29, 1.82) is 0 Å². The molecule has 1 aromatic carbocycles. The topological polar surface area (TPSA) is 90.9 Å². The Morgan fingerprint density at radius 1 is 1.22 bits per heavy atom. The van der Waals surface area contributed by atoms with Gasteiger partial charge in [-0.15, -0.1) is 11.3 Å². The smallest absolute Gasteiger partial charge is 0.350 e. The van der Waals surface area contributed by atoms with Gasteiger partial charge >= 0.3 is 5.97 Å². The van der Waals surface area contributed by atoms with Crippen molar-refractivity contribution >= 4 is 33.0 Å². The SMILES string of the molecule is COC(=O)c1sccc1NS(=O)(=O)c1ccc2c(c1)OCCO2. The van der Waals surface area contributed by atoms with Crippen LogP contribution in [0.25, 0.3) is 0 Å². The molecule has 0 radical (unpaired) electrons. The Bertz CT molecular complexity index is 843. The van der Waals surface area contributed by atoms with Crippen LogP contribution in [0.2, 0.25) is 0 Å². The first kappa shape index (κ1) is 15.6. The maximum Gasteiger partial charge on any atom is 0.350 e. The Hall–Kier alpha value is -2.26. The number of thiophene rings is 1. The first-order valence-electron chi connectivity index (χ1n) is 6.59. The van der Waals surface area contributed by atoms with E-state index in [0.717, 1.165) is 11.3 Å². The summed E-state index contributed by atoms with van der Waals surface area (Å²) < 4.78 is 42.8. The number of sulfonamides is 1. The van der Waals surface area contributed by atoms with Crippen molar-refractivity contribution in [3.05, 3.63) is 34.5 Å². The minimum Gasteiger partial charge on any atom is -0.486 e. The summed E-state index contributed by atoms with van der Waals surface area (Å²) in [5.74, 6) is 0.276. The number of ether oxygens (including phenoxy) is 3. The lowest BCUT2D eigenvalue weighted by atomic mass is 10.3. The fourth-order valence-corrected chi connectivity index (χ4v) is 3.95. The predicted molar refractivity (Wildman–Crippen MR) is 83.9 cm³/mol. The van der Waals surface area contributed by atoms with Crippen molar-refractivity contribution in [2.75, 3.05) is 25.0 Å². The first-order chi connectivity index (χ1) is 11.0. The molecule has 122 valence electrons. The van der Waals surface area contributed by atoms with Gasteiger partial charge in [0.2, 0.25) is 0 Å². The number of carbonyl (C=O) groups is 1. The second-order valence-electron chi connectivity index (χ2n) is 4.57. The average molecular weight is 355 g/mol. The highest BCUT2D eigenvalue weighted by atomic mass is 32.2. The van der Waals surface area contributed by atoms with E-state index in [0.29, 0.717) is 24.7 Å². The van der Waals surface area contributed by atoms with Crippen molar-refractivity contribution < 1.29 is 27.4 Å². The van der Waals surface area contributed by atoms with Gasteiger partial charge in [0, 0.05) is 6.07 Å². The number of fused-ring (bicyclic) bond motifs is 1. The summed E-state index contributed by atoms with van der Waals surface area (Å²) in [6.07, 6.45) is 0. The monoisotopic (exact) mass is 355 g/mol. The van der Waals surface area contributed by atoms with Crippen molar-refractivity contribution in [2.24, 2.45) is 0 Å². The number of nitrogens with one attached hydrogen (secondary N) is 1. The van der Waals surface area contributed by atoms with Gasteiger partial charge in [-0.05, 0) is 23.6 Å². The molecule has 1 N–H and O–H groups in total. The fraction of sp³-hybridized carbons (Fsp3) is 0.214. The minimum absolute atomic E-state index is 0.0174. The molecule has 9 heteroatoms. The maximum atomic E-state index is 12.5. The van der Waals surface area contributed by atoms with Gasteiger partial charge in [-0.25, -0.2) is 13.2 Å². The van der Waals surface area contributed by atoms with Gasteiger partial charge < -0.3 is 14.2 Å². The molecule has 2 heterocycles. The molecule has 0 saturated carbocycles. The fourth-order valence-electron chi connectivity index (χ4n) is 2.03. The van der Waals surface area contributed by atoms with Crippen LogP contribution in [-0.4, -0.2) is 34.7 Å². The minimum atomic E-state index is -3.87. The Labute approximate surface area is 136 Å². The van der Waals surface area contributed by atoms with Gasteiger partial charge in [-0.2, -0.15) is 0 Å². The second-order valence-corrected chi connectivity index (χ2v) is 7.16. The molecule has 1 aliphatic rings. The molecule has 0 bridgehead atoms. The van der Waals surface area contributed by atoms with E-state index in [4.69, 9.17) is 9.47 Å². The highest BCUT2D eigenvalue weighted by molar-refractivity contribution is 7.92. The summed E-state index contributed by atoms with van der Waals surface area (Å²) >= 11 is 1.09. The number of rotatable bonds is 4. The molecule has 0 amide bonds. The van der Waals surface area contributed by atoms with E-state index in [2.05, 4.69) is 9.46 Å². The average Bonchev–Trinajstić information content (AvgIpc) is 3.01. The number of anilines is 1. The molecular weight excluding hydrogens is 342 g/mol. The van der Waals surface area contributed by atoms with E-state index >= 15 is 0 Å². The lowest BCUT2D eigenvalue weighted by Gasteiger charge is -2.19. The Morgan fingerprint density at radius 3 is 2.70 bits per heavy atom. The number of hydrogen-bond donors (Lipinski definition) is 1. The zero-order chi connectivity index (χ0) is 16.4. The summed E-state index contributed by atoms with van der Waals surface area (Å²) in [4.78, 5) is 11.8. The summed E-state index contributed by atoms with van der Waals surface area (Å²) in [6.45, 7) is 0.787. The van der Waals surface area contributed by atoms with Crippen LogP contribution in [0.3, 0.4) is 0 Å². The van der Waals surface area contributed by atoms with Crippen LogP contribution < -0.4 is 14.2 Å². The summed E-state index contributed by atoms with van der Waals surface area (Å²) in [6, 6.07) is 5.85. The number of hydrogen-bond acceptors (Lipinski definition) is 7. The zero-order valence-electron chi connectivity index (χ0n) is 12.1. The predicted octanol–water partition coefficient (Wildman–Crippen LogP) is 2.11. The normalized spacial score (nSPS) is 13.4. The first-order valence-corrected chi connectivity index (χ1v) is 8.96. The van der Waals surface area contributed by atoms with Crippen LogP contribution in [0, 0.1) is 0 Å². The van der Waals surface area contributed by atoms with Crippen LogP contribution in [0.15, 0.2) is 34.5 Å². The third-order valence-corrected chi connectivity index (χ3v) is 5.36. The molecular formula is C14H13NO6S2. The van der Waals surface area contributed by atoms with E-state index < -0.39 is 16.0 Å². The third-order valence-electron chi connectivity index (χ3n) is 3.10. The molecule has 0 spiro atoms. The van der Waals surface area contributed by atoms with E-state index in [9.17, 15) is 13.2 Å². The van der Waals surface area contributed by atoms with E-state index in [1.54, 1.807) is 5.38 Å². The van der Waals surface area contributed by atoms with Crippen molar-refractivity contribution in [2.45, 2.75) is 4.90 Å². The van der Waals surface area contributed by atoms with Gasteiger partial charge in [0.15, 0.2) is 11.5 Å². The molecule has 0 atom stereocenters. The molecule has 2 aromatic rings. The van der Waals surface area contributed by atoms with Gasteiger partial charge in [0.25, 0.3) is 10.0 Å². The Kier molecular flexibility index (Phi) is 4.14. The zero-order valence-corrected chi connectivity index (χ0v) is 13.7. The highest BCUT2D eigenvalue weighted by Crippen LogP contribution is 2.33. The van der Waals surface area contributed by atoms with E-state index in [1.165, 1.54) is 31.4 Å². The number of methoxy groups -OCH3 is 1. The van der Waals surface area contributed by atoms with Crippen LogP contribution in [0.5, 0.6) is 11.5 Å². The number of esters is 1. The van der Waals surface area contributed by atoms with Gasteiger partial charge in [-0.1, -0.05) is 0 Å². The lowest BCUT2D eigenvalue weighted by molar-refractivity contribution is 0.0607. The maximum absolute atomic E-state index is 12.5. The van der Waals surface area contributed by atoms with Crippen molar-refractivity contribution in [3.8, 4) is 11.5 Å². The van der Waals surface area contributed by atoms with Gasteiger partial charge in [0.05, 0.1) is 17.7 Å². The number of carbonyl (C=O) groups excluding carboxylic acids is 1. The molecule has 0 saturated heterocycles. The summed E-state index contributed by atoms with van der Waals surface area (Å²) in [5.41, 5.74) is 0.178. The largest absolute Gasteiger partial charge is 0.486 e. The van der Waals surface area contributed by atoms with Crippen molar-refractivity contribution in [1.82, 2.24) is 0 Å². The summed E-state index contributed by atoms with van der Waals surface area (Å²) in [7, 11) is -2.63. The molecule has 0 unspecified atom stereocenters. The van der Waals surface area contributed by atoms with E-state index in [1.807, 2.05) is 0 Å². The van der Waals surface area contributed by atoms with Gasteiger partial charge in [0.1, 0.15) is 18.1 Å². The Balaban J connectivity index is 1.91. The second kappa shape index (κ2) is 6.09. The Morgan fingerprint density at radius 2 is 1.96 bits per heavy atom. The molecule has 23 heavy (non-hydrogen) atoms. The van der Waals surface area contributed by atoms with Crippen LogP contribution in [0.4, 0.5) is 5.69 Å². The molecule has 3 rings (SSSR count). The molecule has 0 fully saturated rings. The van der Waals surface area contributed by atoms with Crippen LogP contribution in [0.1, 0.15) is 9.67 Å². The summed E-state index contributed by atoms with van der Waals surface area (Å²) in [5, 5.41) is 1.61. The highest BCUT2D eigenvalue weighted by Gasteiger charge is 2.22. The van der Waals surface area contributed by atoms with Crippen molar-refractivity contribution in [3.63, 3.8) is 0 Å². The molecule has 1 aromatic heterocycles. The molecule has 1 aliphatic heterocycles. The molecule has 0 aliphatic carbocycles. The molecule has 7 nitrogen and oxygen atoms in total. The van der Waals surface area contributed by atoms with E-state index in [-0.39, 0.29) is 15.5 Å². The lowest BCUT2D eigenvalue weighted by Crippen LogP contribution is -2.18. The third kappa shape index (κ3) is 3.10. The number of benzene rings is 1. The van der Waals surface area contributed by atoms with Crippen LogP contribution >= 0.6 is 11.3 Å². The standard InChI is InChI=1S/C14H13NO6S2/c1-19-14(16)13-10(4-7-22-13)15-23(17,18)9-2-3-11-12(8-9)21-6-5-20-11/h2-4,7-8,15H,5-6H2,1H3. The quantitative estimate of drug-likeness (QED) is 0.845.